The second kappa shape index (κ2) is 6.21. The number of nitrogens with zero attached hydrogens (tertiary/aromatic N) is 3. The smallest absolute Gasteiger partial charge is 0.243 e. The number of benzene rings is 1. The summed E-state index contributed by atoms with van der Waals surface area (Å²) in [5.74, 6) is 0.910. The summed E-state index contributed by atoms with van der Waals surface area (Å²) < 4.78 is 32.2. The molecule has 1 aromatic carbocycles. The minimum absolute atomic E-state index is 0.0887. The van der Waals surface area contributed by atoms with Gasteiger partial charge in [0.15, 0.2) is 0 Å². The van der Waals surface area contributed by atoms with Crippen LogP contribution in [0.25, 0.3) is 11.4 Å². The maximum absolute atomic E-state index is 12.8. The van der Waals surface area contributed by atoms with Crippen LogP contribution in [0.15, 0.2) is 44.4 Å². The molecule has 1 aliphatic heterocycles. The van der Waals surface area contributed by atoms with Gasteiger partial charge in [0, 0.05) is 29.1 Å². The first kappa shape index (κ1) is 16.7. The summed E-state index contributed by atoms with van der Waals surface area (Å²) in [5, 5.41) is 8.25. The number of aromatic nitrogens is 2. The molecule has 6 nitrogen and oxygen atoms in total. The monoisotopic (exact) mass is 395 g/mol. The summed E-state index contributed by atoms with van der Waals surface area (Å²) in [6.45, 7) is 2.39. The van der Waals surface area contributed by atoms with Crippen LogP contribution < -0.4 is 0 Å². The molecule has 1 saturated heterocycles. The Morgan fingerprint density at radius 1 is 1.32 bits per heavy atom. The van der Waals surface area contributed by atoms with Crippen molar-refractivity contribution in [2.24, 2.45) is 0 Å². The zero-order valence-electron chi connectivity index (χ0n) is 13.2. The highest BCUT2D eigenvalue weighted by atomic mass is 35.5. The molecule has 3 heterocycles. The van der Waals surface area contributed by atoms with Crippen LogP contribution in [0.3, 0.4) is 0 Å². The lowest BCUT2D eigenvalue weighted by Gasteiger charge is -2.36. The van der Waals surface area contributed by atoms with Crippen molar-refractivity contribution >= 4 is 33.0 Å². The number of hydrogen-bond acceptors (Lipinski definition) is 6. The Labute approximate surface area is 154 Å². The van der Waals surface area contributed by atoms with Crippen LogP contribution in [0, 0.1) is 6.92 Å². The van der Waals surface area contributed by atoms with E-state index in [1.807, 2.05) is 16.8 Å². The Hall–Kier alpha value is -1.74. The highest BCUT2D eigenvalue weighted by Gasteiger charge is 2.41. The van der Waals surface area contributed by atoms with E-state index in [2.05, 4.69) is 10.1 Å². The van der Waals surface area contributed by atoms with Crippen LogP contribution in [0.4, 0.5) is 0 Å². The fourth-order valence-electron chi connectivity index (χ4n) is 2.69. The quantitative estimate of drug-likeness (QED) is 0.675. The van der Waals surface area contributed by atoms with Gasteiger partial charge in [-0.3, -0.25) is 0 Å². The maximum Gasteiger partial charge on any atom is 0.243 e. The van der Waals surface area contributed by atoms with Gasteiger partial charge < -0.3 is 4.52 Å². The van der Waals surface area contributed by atoms with E-state index in [0.29, 0.717) is 35.4 Å². The first-order chi connectivity index (χ1) is 11.9. The zero-order chi connectivity index (χ0) is 17.6. The molecule has 0 amide bonds. The summed E-state index contributed by atoms with van der Waals surface area (Å²) in [5.41, 5.74) is 1.57. The third kappa shape index (κ3) is 2.99. The maximum atomic E-state index is 12.8. The van der Waals surface area contributed by atoms with Gasteiger partial charge in [-0.05, 0) is 36.1 Å². The van der Waals surface area contributed by atoms with Gasteiger partial charge >= 0.3 is 0 Å². The number of thiophene rings is 1. The topological polar surface area (TPSA) is 76.3 Å². The highest BCUT2D eigenvalue weighted by molar-refractivity contribution is 7.89. The van der Waals surface area contributed by atoms with Crippen LogP contribution in [-0.2, 0) is 10.0 Å². The Morgan fingerprint density at radius 2 is 2.12 bits per heavy atom. The average Bonchev–Trinajstić information content (AvgIpc) is 3.18. The van der Waals surface area contributed by atoms with Crippen LogP contribution in [0.5, 0.6) is 0 Å². The lowest BCUT2D eigenvalue weighted by molar-refractivity contribution is 0.216. The predicted molar refractivity (Wildman–Crippen MR) is 95.3 cm³/mol. The minimum atomic E-state index is -3.57. The van der Waals surface area contributed by atoms with Crippen molar-refractivity contribution in [3.8, 4) is 11.4 Å². The number of hydrogen-bond donors (Lipinski definition) is 0. The van der Waals surface area contributed by atoms with Gasteiger partial charge in [-0.25, -0.2) is 8.42 Å². The first-order valence-corrected chi connectivity index (χ1v) is 10.3. The second-order valence-electron chi connectivity index (χ2n) is 5.90. The van der Waals surface area contributed by atoms with Gasteiger partial charge in [0.25, 0.3) is 0 Å². The summed E-state index contributed by atoms with van der Waals surface area (Å²) in [6, 6.07) is 6.79. The molecule has 2 aromatic heterocycles. The molecule has 0 aliphatic carbocycles. The molecule has 0 unspecified atom stereocenters. The SMILES string of the molecule is Cc1ccc(Cl)cc1S(=O)(=O)N1CC(c2nc(-c3ccsc3)no2)C1. The average molecular weight is 396 g/mol. The predicted octanol–water partition coefficient (Wildman–Crippen LogP) is 3.55. The molecule has 0 saturated carbocycles. The fourth-order valence-corrected chi connectivity index (χ4v) is 5.34. The third-order valence-electron chi connectivity index (χ3n) is 4.19. The van der Waals surface area contributed by atoms with E-state index in [0.717, 1.165) is 5.56 Å². The highest BCUT2D eigenvalue weighted by Crippen LogP contribution is 2.33. The van der Waals surface area contributed by atoms with Gasteiger partial charge in [-0.1, -0.05) is 22.8 Å². The van der Waals surface area contributed by atoms with E-state index in [9.17, 15) is 8.42 Å². The summed E-state index contributed by atoms with van der Waals surface area (Å²) in [4.78, 5) is 4.62. The van der Waals surface area contributed by atoms with Crippen LogP contribution >= 0.6 is 22.9 Å². The molecule has 1 fully saturated rings. The Kier molecular flexibility index (Phi) is 4.15. The Bertz CT molecular complexity index is 1010. The number of aryl methyl sites for hydroxylation is 1. The number of halogens is 1. The largest absolute Gasteiger partial charge is 0.339 e. The molecule has 1 aliphatic rings. The summed E-state index contributed by atoms with van der Waals surface area (Å²) >= 11 is 7.51. The van der Waals surface area contributed by atoms with Gasteiger partial charge in [-0.15, -0.1) is 0 Å². The van der Waals surface area contributed by atoms with Crippen molar-refractivity contribution in [1.29, 1.82) is 0 Å². The molecular weight excluding hydrogens is 382 g/mol. The summed E-state index contributed by atoms with van der Waals surface area (Å²) in [7, 11) is -3.57. The molecule has 0 atom stereocenters. The van der Waals surface area contributed by atoms with E-state index < -0.39 is 10.0 Å². The molecule has 25 heavy (non-hydrogen) atoms. The Balaban J connectivity index is 1.51. The van der Waals surface area contributed by atoms with Gasteiger partial charge in [0.05, 0.1) is 10.8 Å². The molecule has 3 aromatic rings. The van der Waals surface area contributed by atoms with Crippen LogP contribution in [0.1, 0.15) is 17.4 Å². The summed E-state index contributed by atoms with van der Waals surface area (Å²) in [6.07, 6.45) is 0. The minimum Gasteiger partial charge on any atom is -0.339 e. The standard InChI is InChI=1S/C16H14ClN3O3S2/c1-10-2-3-13(17)6-14(10)25(21,22)20-7-12(8-20)16-18-15(19-23-16)11-4-5-24-9-11/h2-6,9,12H,7-8H2,1H3. The van der Waals surface area contributed by atoms with E-state index in [-0.39, 0.29) is 10.8 Å². The molecule has 130 valence electrons. The van der Waals surface area contributed by atoms with Crippen molar-refractivity contribution in [1.82, 2.24) is 14.4 Å². The van der Waals surface area contributed by atoms with Gasteiger partial charge in [0.2, 0.25) is 21.7 Å². The lowest BCUT2D eigenvalue weighted by atomic mass is 10.0. The van der Waals surface area contributed by atoms with E-state index >= 15 is 0 Å². The van der Waals surface area contributed by atoms with Crippen molar-refractivity contribution in [2.75, 3.05) is 13.1 Å². The fraction of sp³-hybridized carbons (Fsp3) is 0.250. The molecule has 0 radical (unpaired) electrons. The van der Waals surface area contributed by atoms with Gasteiger partial charge in [-0.2, -0.15) is 20.6 Å². The van der Waals surface area contributed by atoms with Crippen LogP contribution in [0.2, 0.25) is 5.02 Å². The normalized spacial score (nSPS) is 16.1. The lowest BCUT2D eigenvalue weighted by Crippen LogP contribution is -2.48. The van der Waals surface area contributed by atoms with Gasteiger partial charge in [0.1, 0.15) is 0 Å². The first-order valence-electron chi connectivity index (χ1n) is 7.57. The zero-order valence-corrected chi connectivity index (χ0v) is 15.6. The number of rotatable bonds is 4. The Morgan fingerprint density at radius 3 is 2.84 bits per heavy atom. The van der Waals surface area contributed by atoms with Crippen molar-refractivity contribution in [2.45, 2.75) is 17.7 Å². The molecule has 0 N–H and O–H groups in total. The van der Waals surface area contributed by atoms with E-state index in [1.165, 1.54) is 10.4 Å². The van der Waals surface area contributed by atoms with Crippen molar-refractivity contribution in [3.63, 3.8) is 0 Å². The number of sulfonamides is 1. The molecule has 0 spiro atoms. The molecule has 9 heteroatoms. The van der Waals surface area contributed by atoms with Crippen LogP contribution in [-0.4, -0.2) is 36.0 Å². The third-order valence-corrected chi connectivity index (χ3v) is 7.08. The second-order valence-corrected chi connectivity index (χ2v) is 9.02. The molecular formula is C16H14ClN3O3S2. The van der Waals surface area contributed by atoms with E-state index in [4.69, 9.17) is 16.1 Å². The van der Waals surface area contributed by atoms with Crippen molar-refractivity contribution in [3.05, 3.63) is 51.5 Å². The molecule has 0 bridgehead atoms. The molecule has 4 rings (SSSR count). The van der Waals surface area contributed by atoms with Crippen molar-refractivity contribution < 1.29 is 12.9 Å². The van der Waals surface area contributed by atoms with E-state index in [1.54, 1.807) is 30.4 Å².